The topological polar surface area (TPSA) is 329 Å². The number of unbranched alkanes of at least 4 members (excludes halogenated alkanes) is 1. The number of aliphatic carboxylic acids is 1. The number of hydrogen-bond donors (Lipinski definition) is 12. The minimum Gasteiger partial charge on any atom is -0.480 e. The number of fused-ring (bicyclic) bond motifs is 1. The number of carboxylic acid groups (broad SMARTS) is 1. The van der Waals surface area contributed by atoms with Gasteiger partial charge in [-0.3, -0.25) is 28.8 Å². The van der Waals surface area contributed by atoms with Crippen LogP contribution in [-0.2, 0) is 46.4 Å². The quantitative estimate of drug-likeness (QED) is 0.0431. The number of H-pyrrole nitrogens is 2. The molecule has 20 heteroatoms. The van der Waals surface area contributed by atoms with Gasteiger partial charge < -0.3 is 63.5 Å². The number of carbonyl (C=O) groups excluding carboxylic acids is 6. The lowest BCUT2D eigenvalue weighted by Crippen LogP contribution is -2.60. The Morgan fingerprint density at radius 2 is 1.40 bits per heavy atom. The first kappa shape index (κ1) is 45.5. The molecule has 0 fully saturated rings. The molecule has 2 heterocycles. The Morgan fingerprint density at radius 3 is 2.04 bits per heavy atom. The third-order valence-corrected chi connectivity index (χ3v) is 8.92. The lowest BCUT2D eigenvalue weighted by Gasteiger charge is -2.27. The number of para-hydroxylation sites is 1. The van der Waals surface area contributed by atoms with Crippen LogP contribution in [0.2, 0.25) is 0 Å². The Labute approximate surface area is 329 Å². The van der Waals surface area contributed by atoms with E-state index < -0.39 is 90.8 Å². The van der Waals surface area contributed by atoms with Crippen molar-refractivity contribution in [1.82, 2.24) is 46.9 Å². The maximum Gasteiger partial charge on any atom is 0.326 e. The van der Waals surface area contributed by atoms with Crippen molar-refractivity contribution in [1.29, 1.82) is 0 Å². The molecule has 57 heavy (non-hydrogen) atoms. The van der Waals surface area contributed by atoms with Gasteiger partial charge in [-0.2, -0.15) is 0 Å². The van der Waals surface area contributed by atoms with E-state index >= 15 is 0 Å². The van der Waals surface area contributed by atoms with Gasteiger partial charge in [0.2, 0.25) is 35.4 Å². The molecule has 2 aromatic heterocycles. The number of nitrogens with zero attached hydrogens (tertiary/aromatic N) is 1. The van der Waals surface area contributed by atoms with Crippen LogP contribution < -0.4 is 43.4 Å². The molecule has 14 N–H and O–H groups in total. The summed E-state index contributed by atoms with van der Waals surface area (Å²) >= 11 is 0. The van der Waals surface area contributed by atoms with Crippen LogP contribution >= 0.6 is 0 Å². The summed E-state index contributed by atoms with van der Waals surface area (Å²) in [7, 11) is 0. The lowest BCUT2D eigenvalue weighted by atomic mass is 10.0. The highest BCUT2D eigenvalue weighted by atomic mass is 16.4. The molecule has 0 aliphatic carbocycles. The number of amides is 6. The van der Waals surface area contributed by atoms with E-state index in [9.17, 15) is 43.8 Å². The predicted octanol–water partition coefficient (Wildman–Crippen LogP) is -2.18. The van der Waals surface area contributed by atoms with Crippen LogP contribution in [0.3, 0.4) is 0 Å². The Balaban J connectivity index is 1.78. The second kappa shape index (κ2) is 22.6. The molecular weight excluding hydrogens is 742 g/mol. The van der Waals surface area contributed by atoms with Gasteiger partial charge in [-0.15, -0.1) is 0 Å². The number of carboxylic acids is 1. The molecule has 6 atom stereocenters. The number of aliphatic hydroxyl groups excluding tert-OH is 1. The second-order valence-electron chi connectivity index (χ2n) is 14.2. The number of imidazole rings is 1. The molecular formula is C37H55N11O9. The van der Waals surface area contributed by atoms with Crippen molar-refractivity contribution < 1.29 is 43.8 Å². The van der Waals surface area contributed by atoms with E-state index in [0.717, 1.165) is 10.9 Å². The number of aromatic amines is 2. The van der Waals surface area contributed by atoms with Crippen molar-refractivity contribution >= 4 is 52.3 Å². The molecule has 0 spiro atoms. The average Bonchev–Trinajstić information content (AvgIpc) is 3.84. The minimum absolute atomic E-state index is 0.0515. The number of nitrogens with two attached hydrogens (primary N) is 2. The van der Waals surface area contributed by atoms with Gasteiger partial charge in [-0.25, -0.2) is 9.78 Å². The summed E-state index contributed by atoms with van der Waals surface area (Å²) in [5, 5.41) is 35.8. The summed E-state index contributed by atoms with van der Waals surface area (Å²) in [6.45, 7) is 4.00. The second-order valence-corrected chi connectivity index (χ2v) is 14.2. The lowest BCUT2D eigenvalue weighted by molar-refractivity contribution is -0.142. The van der Waals surface area contributed by atoms with E-state index in [4.69, 9.17) is 11.5 Å². The zero-order chi connectivity index (χ0) is 42.1. The molecule has 0 bridgehead atoms. The first-order valence-corrected chi connectivity index (χ1v) is 18.7. The number of hydrogen-bond acceptors (Lipinski definition) is 11. The largest absolute Gasteiger partial charge is 0.480 e. The summed E-state index contributed by atoms with van der Waals surface area (Å²) in [6.07, 6.45) is 5.45. The third kappa shape index (κ3) is 14.6. The first-order valence-electron chi connectivity index (χ1n) is 18.7. The van der Waals surface area contributed by atoms with Crippen molar-refractivity contribution in [3.05, 3.63) is 54.2 Å². The Hall–Kier alpha value is -5.86. The summed E-state index contributed by atoms with van der Waals surface area (Å²) in [4.78, 5) is 101. The molecule has 3 rings (SSSR count). The standard InChI is InChI=1S/C37H55N11O9/c1-20(2)12-27(46-33(52)26(10-6-7-11-38)45-36(55)30(18-49)44-31(50)17-42-32(51)21(3)39)34(53)47-28(14-23-16-40-19-43-23)35(54)48-29(37(56)57)13-22-15-41-25-9-5-4-8-24(22)25/h4-5,8-9,15-16,19-21,26-30,41,49H,6-7,10-14,17-18,38-39H2,1-3H3,(H,40,43)(H,42,51)(H,44,50)(H,45,55)(H,46,52)(H,47,53)(H,48,54)(H,56,57)/t21-,26-,27-,28-,29-,30-/m0/s1. The van der Waals surface area contributed by atoms with Gasteiger partial charge in [0.1, 0.15) is 30.2 Å². The normalized spacial score (nSPS) is 14.4. The SMILES string of the molecule is CC(C)C[C@H](NC(=O)[C@H](CCCCN)NC(=O)[C@H](CO)NC(=O)CNC(=O)[C@H](C)N)C(=O)N[C@@H](Cc1cnc[nH]1)C(=O)N[C@@H](Cc1c[nH]c2ccccc12)C(=O)O. The molecule has 1 aromatic carbocycles. The van der Waals surface area contributed by atoms with E-state index in [0.29, 0.717) is 30.6 Å². The highest BCUT2D eigenvalue weighted by molar-refractivity contribution is 5.96. The summed E-state index contributed by atoms with van der Waals surface area (Å²) in [5.74, 6) is -6.03. The van der Waals surface area contributed by atoms with Crippen LogP contribution in [0.5, 0.6) is 0 Å². The summed E-state index contributed by atoms with van der Waals surface area (Å²) in [5.41, 5.74) is 13.1. The van der Waals surface area contributed by atoms with Gasteiger partial charge in [0.25, 0.3) is 0 Å². The van der Waals surface area contributed by atoms with Crippen LogP contribution in [0.4, 0.5) is 0 Å². The van der Waals surface area contributed by atoms with E-state index in [1.54, 1.807) is 6.20 Å². The van der Waals surface area contributed by atoms with Gasteiger partial charge in [-0.1, -0.05) is 32.0 Å². The summed E-state index contributed by atoms with van der Waals surface area (Å²) in [6, 6.07) is -0.165. The molecule has 0 saturated carbocycles. The van der Waals surface area contributed by atoms with E-state index in [-0.39, 0.29) is 31.6 Å². The highest BCUT2D eigenvalue weighted by Crippen LogP contribution is 2.19. The van der Waals surface area contributed by atoms with Crippen molar-refractivity contribution in [2.45, 2.75) is 95.5 Å². The molecule has 6 amide bonds. The van der Waals surface area contributed by atoms with Gasteiger partial charge in [0.15, 0.2) is 0 Å². The van der Waals surface area contributed by atoms with E-state index in [1.807, 2.05) is 38.1 Å². The van der Waals surface area contributed by atoms with Crippen molar-refractivity contribution in [3.63, 3.8) is 0 Å². The highest BCUT2D eigenvalue weighted by Gasteiger charge is 2.33. The Kier molecular flexibility index (Phi) is 18.1. The molecule has 0 radical (unpaired) electrons. The van der Waals surface area contributed by atoms with Crippen LogP contribution in [0.1, 0.15) is 57.7 Å². The molecule has 0 aliphatic rings. The number of rotatable bonds is 24. The Bertz CT molecular complexity index is 1810. The van der Waals surface area contributed by atoms with Crippen LogP contribution in [-0.4, -0.2) is 123 Å². The molecule has 20 nitrogen and oxygen atoms in total. The molecule has 3 aromatic rings. The average molecular weight is 798 g/mol. The number of aromatic nitrogens is 3. The van der Waals surface area contributed by atoms with Crippen molar-refractivity contribution in [2.24, 2.45) is 17.4 Å². The first-order chi connectivity index (χ1) is 27.1. The Morgan fingerprint density at radius 1 is 0.772 bits per heavy atom. The van der Waals surface area contributed by atoms with Crippen LogP contribution in [0.25, 0.3) is 10.9 Å². The maximum absolute atomic E-state index is 13.9. The van der Waals surface area contributed by atoms with E-state index in [1.165, 1.54) is 19.4 Å². The smallest absolute Gasteiger partial charge is 0.326 e. The molecule has 0 saturated heterocycles. The zero-order valence-electron chi connectivity index (χ0n) is 32.3. The predicted molar refractivity (Wildman–Crippen MR) is 208 cm³/mol. The third-order valence-electron chi connectivity index (χ3n) is 8.92. The number of aliphatic hydroxyl groups is 1. The van der Waals surface area contributed by atoms with Crippen LogP contribution in [0, 0.1) is 5.92 Å². The van der Waals surface area contributed by atoms with Crippen molar-refractivity contribution in [2.75, 3.05) is 19.7 Å². The molecule has 0 aliphatic heterocycles. The molecule has 312 valence electrons. The number of carbonyl (C=O) groups is 7. The molecule has 0 unspecified atom stereocenters. The van der Waals surface area contributed by atoms with Gasteiger partial charge in [0.05, 0.1) is 25.5 Å². The fraction of sp³-hybridized carbons (Fsp3) is 0.514. The number of benzene rings is 1. The van der Waals surface area contributed by atoms with Gasteiger partial charge in [-0.05, 0) is 56.7 Å². The minimum atomic E-state index is -1.49. The van der Waals surface area contributed by atoms with E-state index in [2.05, 4.69) is 46.9 Å². The van der Waals surface area contributed by atoms with Crippen molar-refractivity contribution in [3.8, 4) is 0 Å². The fourth-order valence-electron chi connectivity index (χ4n) is 5.87. The fourth-order valence-corrected chi connectivity index (χ4v) is 5.87. The monoisotopic (exact) mass is 797 g/mol. The maximum atomic E-state index is 13.9. The summed E-state index contributed by atoms with van der Waals surface area (Å²) < 4.78 is 0. The van der Waals surface area contributed by atoms with Gasteiger partial charge in [0, 0.05) is 41.8 Å². The van der Waals surface area contributed by atoms with Gasteiger partial charge >= 0.3 is 5.97 Å². The number of nitrogens with one attached hydrogen (secondary N) is 8. The zero-order valence-corrected chi connectivity index (χ0v) is 32.3. The van der Waals surface area contributed by atoms with Crippen LogP contribution in [0.15, 0.2) is 43.0 Å².